The van der Waals surface area contributed by atoms with Gasteiger partial charge in [0.05, 0.1) is 13.3 Å². The van der Waals surface area contributed by atoms with Gasteiger partial charge in [-0.25, -0.2) is 4.98 Å². The van der Waals surface area contributed by atoms with Crippen LogP contribution in [0.1, 0.15) is 10.4 Å². The summed E-state index contributed by atoms with van der Waals surface area (Å²) in [5.74, 6) is 0.884. The van der Waals surface area contributed by atoms with E-state index in [0.717, 1.165) is 0 Å². The Hall–Kier alpha value is -4.48. The number of amides is 1. The lowest BCUT2D eigenvalue weighted by Crippen LogP contribution is -2.21. The molecule has 0 bridgehead atoms. The third kappa shape index (κ3) is 3.26. The van der Waals surface area contributed by atoms with Crippen LogP contribution in [0.3, 0.4) is 0 Å². The molecule has 0 atom stereocenters. The Bertz CT molecular complexity index is 1290. The maximum Gasteiger partial charge on any atom is 0.280 e. The number of nitrogens with zero attached hydrogens (tertiary/aromatic N) is 6. The van der Waals surface area contributed by atoms with Crippen LogP contribution in [-0.4, -0.2) is 49.4 Å². The number of anilines is 3. The molecule has 30 heavy (non-hydrogen) atoms. The van der Waals surface area contributed by atoms with Crippen molar-refractivity contribution in [1.29, 1.82) is 0 Å². The van der Waals surface area contributed by atoms with Crippen LogP contribution < -0.4 is 26.7 Å². The Morgan fingerprint density at radius 3 is 2.73 bits per heavy atom. The number of hydrogen-bond donors (Lipinski definition) is 3. The fourth-order valence-corrected chi connectivity index (χ4v) is 2.84. The van der Waals surface area contributed by atoms with Gasteiger partial charge >= 0.3 is 0 Å². The number of hydrogen-bond acceptors (Lipinski definition) is 9. The number of carbonyl (C=O) groups excluding carboxylic acids is 1. The molecule has 12 nitrogen and oxygen atoms in total. The first kappa shape index (κ1) is 18.9. The molecule has 0 aliphatic rings. The second-order valence-electron chi connectivity index (χ2n) is 6.09. The van der Waals surface area contributed by atoms with Crippen molar-refractivity contribution in [2.24, 2.45) is 5.73 Å². The highest BCUT2D eigenvalue weighted by Gasteiger charge is 2.15. The summed E-state index contributed by atoms with van der Waals surface area (Å²) in [6.45, 7) is 0. The molecular weight excluding hydrogens is 390 g/mol. The van der Waals surface area contributed by atoms with Gasteiger partial charge in [0.25, 0.3) is 11.5 Å². The van der Waals surface area contributed by atoms with Crippen molar-refractivity contribution in [2.75, 3.05) is 24.8 Å². The summed E-state index contributed by atoms with van der Waals surface area (Å²) in [5, 5.41) is 17.9. The number of aromatic nitrogens is 6. The van der Waals surface area contributed by atoms with Crippen LogP contribution in [0.4, 0.5) is 17.3 Å². The van der Waals surface area contributed by atoms with Gasteiger partial charge in [0, 0.05) is 25.4 Å². The van der Waals surface area contributed by atoms with E-state index in [0.29, 0.717) is 23.3 Å². The molecule has 4 N–H and O–H groups in total. The average molecular weight is 407 g/mol. The van der Waals surface area contributed by atoms with Gasteiger partial charge < -0.3 is 21.1 Å². The van der Waals surface area contributed by atoms with Gasteiger partial charge in [-0.15, -0.1) is 10.2 Å². The largest absolute Gasteiger partial charge is 0.480 e. The summed E-state index contributed by atoms with van der Waals surface area (Å²) in [7, 11) is 3.18. The minimum absolute atomic E-state index is 0.161. The number of nitrogens with two attached hydrogens (primary N) is 1. The number of nitrogens with one attached hydrogen (secondary N) is 2. The highest BCUT2D eigenvalue weighted by molar-refractivity contribution is 5.98. The molecule has 1 amide bonds. The van der Waals surface area contributed by atoms with Gasteiger partial charge in [-0.2, -0.15) is 9.61 Å². The minimum atomic E-state index is -0.656. The molecular formula is C18H17N9O3. The fourth-order valence-electron chi connectivity index (χ4n) is 2.84. The van der Waals surface area contributed by atoms with E-state index < -0.39 is 5.91 Å². The van der Waals surface area contributed by atoms with E-state index in [1.54, 1.807) is 43.6 Å². The normalized spacial score (nSPS) is 10.7. The van der Waals surface area contributed by atoms with Crippen LogP contribution in [0, 0.1) is 0 Å². The van der Waals surface area contributed by atoms with E-state index >= 15 is 0 Å². The predicted octanol–water partition coefficient (Wildman–Crippen LogP) is 0.563. The third-order valence-corrected chi connectivity index (χ3v) is 4.29. The van der Waals surface area contributed by atoms with Crippen molar-refractivity contribution >= 4 is 28.9 Å². The molecule has 4 aromatic rings. The van der Waals surface area contributed by atoms with Gasteiger partial charge in [0.15, 0.2) is 11.5 Å². The Morgan fingerprint density at radius 2 is 2.07 bits per heavy atom. The van der Waals surface area contributed by atoms with Gasteiger partial charge in [0.2, 0.25) is 5.88 Å². The Labute approximate surface area is 169 Å². The lowest BCUT2D eigenvalue weighted by atomic mass is 10.3. The maximum absolute atomic E-state index is 12.9. The molecule has 4 heterocycles. The second kappa shape index (κ2) is 7.50. The van der Waals surface area contributed by atoms with Crippen molar-refractivity contribution in [3.05, 3.63) is 58.6 Å². The van der Waals surface area contributed by atoms with E-state index in [1.165, 1.54) is 22.4 Å². The van der Waals surface area contributed by atoms with Crippen LogP contribution in [0.5, 0.6) is 5.88 Å². The summed E-state index contributed by atoms with van der Waals surface area (Å²) in [6.07, 6.45) is 2.91. The van der Waals surface area contributed by atoms with Gasteiger partial charge in [-0.3, -0.25) is 14.2 Å². The number of primary amides is 1. The number of pyridine rings is 1. The number of methoxy groups -OCH3 is 1. The monoisotopic (exact) mass is 407 g/mol. The van der Waals surface area contributed by atoms with Crippen LogP contribution in [0.25, 0.3) is 11.5 Å². The molecule has 0 unspecified atom stereocenters. The van der Waals surface area contributed by atoms with Gasteiger partial charge in [-0.1, -0.05) is 0 Å². The average Bonchev–Trinajstić information content (AvgIpc) is 3.19. The quantitative estimate of drug-likeness (QED) is 0.416. The van der Waals surface area contributed by atoms with Crippen LogP contribution in [-0.2, 0) is 0 Å². The topological polar surface area (TPSA) is 154 Å². The molecule has 0 radical (unpaired) electrons. The van der Waals surface area contributed by atoms with E-state index in [1.807, 2.05) is 0 Å². The Kier molecular flexibility index (Phi) is 4.72. The Morgan fingerprint density at radius 1 is 1.23 bits per heavy atom. The van der Waals surface area contributed by atoms with Crippen LogP contribution in [0.2, 0.25) is 0 Å². The van der Waals surface area contributed by atoms with Crippen molar-refractivity contribution in [3.63, 3.8) is 0 Å². The third-order valence-electron chi connectivity index (χ3n) is 4.29. The van der Waals surface area contributed by atoms with Crippen molar-refractivity contribution in [2.45, 2.75) is 0 Å². The van der Waals surface area contributed by atoms with Crippen molar-refractivity contribution in [3.8, 4) is 11.7 Å². The zero-order chi connectivity index (χ0) is 21.3. The molecule has 0 spiro atoms. The number of fused-ring (bicyclic) bond motifs is 1. The number of rotatable bonds is 6. The van der Waals surface area contributed by atoms with E-state index in [2.05, 4.69) is 30.9 Å². The minimum Gasteiger partial charge on any atom is -0.480 e. The fraction of sp³-hybridized carbons (Fsp3) is 0.111. The van der Waals surface area contributed by atoms with Gasteiger partial charge in [-0.05, 0) is 18.2 Å². The number of ether oxygens (including phenoxy) is 1. The van der Waals surface area contributed by atoms with E-state index in [-0.39, 0.29) is 22.5 Å². The number of carbonyl (C=O) groups is 1. The highest BCUT2D eigenvalue weighted by atomic mass is 16.5. The first-order valence-electron chi connectivity index (χ1n) is 8.75. The summed E-state index contributed by atoms with van der Waals surface area (Å²) < 4.78 is 7.77. The molecule has 0 saturated carbocycles. The maximum atomic E-state index is 12.9. The molecule has 0 aliphatic carbocycles. The lowest BCUT2D eigenvalue weighted by molar-refractivity contribution is 0.100. The molecule has 4 aromatic heterocycles. The van der Waals surface area contributed by atoms with Crippen molar-refractivity contribution in [1.82, 2.24) is 29.4 Å². The summed E-state index contributed by atoms with van der Waals surface area (Å²) in [4.78, 5) is 29.0. The molecule has 4 rings (SSSR count). The summed E-state index contributed by atoms with van der Waals surface area (Å²) >= 11 is 0. The SMILES string of the molecule is CNc1cc(Nc2cccn(-c3ccc(OC)nn3)c2=O)nc2c(C(N)=O)cnn12. The molecule has 0 saturated heterocycles. The second-order valence-corrected chi connectivity index (χ2v) is 6.09. The van der Waals surface area contributed by atoms with Crippen LogP contribution >= 0.6 is 0 Å². The molecule has 12 heteroatoms. The Balaban J connectivity index is 1.76. The van der Waals surface area contributed by atoms with E-state index in [9.17, 15) is 9.59 Å². The zero-order valence-electron chi connectivity index (χ0n) is 16.0. The van der Waals surface area contributed by atoms with Crippen LogP contribution in [0.15, 0.2) is 47.5 Å². The highest BCUT2D eigenvalue weighted by Crippen LogP contribution is 2.20. The summed E-state index contributed by atoms with van der Waals surface area (Å²) in [5.41, 5.74) is 5.70. The predicted molar refractivity (Wildman–Crippen MR) is 109 cm³/mol. The van der Waals surface area contributed by atoms with E-state index in [4.69, 9.17) is 10.5 Å². The summed E-state index contributed by atoms with van der Waals surface area (Å²) in [6, 6.07) is 8.15. The first-order chi connectivity index (χ1) is 14.5. The molecule has 0 aliphatic heterocycles. The molecule has 0 aromatic carbocycles. The smallest absolute Gasteiger partial charge is 0.280 e. The zero-order valence-corrected chi connectivity index (χ0v) is 16.0. The first-order valence-corrected chi connectivity index (χ1v) is 8.75. The lowest BCUT2D eigenvalue weighted by Gasteiger charge is -2.11. The van der Waals surface area contributed by atoms with Crippen molar-refractivity contribution < 1.29 is 9.53 Å². The standard InChI is InChI=1S/C18H17N9O3/c1-20-14-8-12(23-17-10(16(19)28)9-21-27(14)17)22-11-4-3-7-26(18(11)29)13-5-6-15(30-2)25-24-13/h3-9,20H,1-2H3,(H2,19,28)(H,22,23). The molecule has 152 valence electrons. The molecule has 0 fully saturated rings. The van der Waals surface area contributed by atoms with Gasteiger partial charge in [0.1, 0.15) is 22.9 Å².